The highest BCUT2D eigenvalue weighted by atomic mass is 32.1. The van der Waals surface area contributed by atoms with E-state index in [0.29, 0.717) is 0 Å². The predicted octanol–water partition coefficient (Wildman–Crippen LogP) is 2.63. The van der Waals surface area contributed by atoms with E-state index in [1.807, 2.05) is 54.8 Å². The van der Waals surface area contributed by atoms with Crippen molar-refractivity contribution < 1.29 is 4.79 Å². The van der Waals surface area contributed by atoms with Gasteiger partial charge in [-0.25, -0.2) is 0 Å². The van der Waals surface area contributed by atoms with E-state index in [-0.39, 0.29) is 11.9 Å². The van der Waals surface area contributed by atoms with Crippen molar-refractivity contribution in [3.63, 3.8) is 0 Å². The van der Waals surface area contributed by atoms with Crippen LogP contribution in [0.5, 0.6) is 0 Å². The van der Waals surface area contributed by atoms with Gasteiger partial charge < -0.3 is 11.1 Å². The molecule has 1 heterocycles. The van der Waals surface area contributed by atoms with Gasteiger partial charge in [-0.15, -0.1) is 11.3 Å². The molecular formula is C14H16N2OS. The zero-order valence-corrected chi connectivity index (χ0v) is 11.0. The van der Waals surface area contributed by atoms with E-state index in [2.05, 4.69) is 5.32 Å². The van der Waals surface area contributed by atoms with Crippen LogP contribution in [0.4, 0.5) is 0 Å². The lowest BCUT2D eigenvalue weighted by molar-refractivity contribution is -0.123. The van der Waals surface area contributed by atoms with E-state index in [1.54, 1.807) is 11.3 Å². The molecule has 2 aromatic rings. The third-order valence-corrected chi connectivity index (χ3v) is 3.82. The van der Waals surface area contributed by atoms with Crippen LogP contribution in [0.1, 0.15) is 29.4 Å². The topological polar surface area (TPSA) is 55.1 Å². The van der Waals surface area contributed by atoms with Crippen LogP contribution < -0.4 is 11.1 Å². The van der Waals surface area contributed by atoms with Crippen LogP contribution >= 0.6 is 11.3 Å². The summed E-state index contributed by atoms with van der Waals surface area (Å²) in [6.07, 6.45) is 0. The average molecular weight is 260 g/mol. The number of amides is 1. The van der Waals surface area contributed by atoms with Crippen LogP contribution in [0.3, 0.4) is 0 Å². The first-order valence-electron chi connectivity index (χ1n) is 5.83. The highest BCUT2D eigenvalue weighted by Crippen LogP contribution is 2.19. The summed E-state index contributed by atoms with van der Waals surface area (Å²) in [6.45, 7) is 1.96. The molecule has 2 atom stereocenters. The minimum atomic E-state index is -0.617. The van der Waals surface area contributed by atoms with Gasteiger partial charge >= 0.3 is 0 Å². The lowest BCUT2D eigenvalue weighted by atomic mass is 10.1. The molecule has 1 aromatic heterocycles. The zero-order chi connectivity index (χ0) is 13.0. The number of benzene rings is 1. The maximum absolute atomic E-state index is 12.0. The lowest BCUT2D eigenvalue weighted by Gasteiger charge is -2.16. The Morgan fingerprint density at radius 3 is 2.56 bits per heavy atom. The molecule has 0 aliphatic rings. The SMILES string of the molecule is C[C@H](NC(=O)[C@@H](N)c1ccccc1)c1cccs1. The van der Waals surface area contributed by atoms with Gasteiger partial charge in [-0.1, -0.05) is 36.4 Å². The number of carbonyl (C=O) groups is 1. The summed E-state index contributed by atoms with van der Waals surface area (Å²) in [5, 5.41) is 4.92. The van der Waals surface area contributed by atoms with Crippen LogP contribution in [0.2, 0.25) is 0 Å². The zero-order valence-electron chi connectivity index (χ0n) is 10.2. The van der Waals surface area contributed by atoms with Gasteiger partial charge in [-0.05, 0) is 23.9 Å². The molecule has 0 fully saturated rings. The summed E-state index contributed by atoms with van der Waals surface area (Å²) in [5.74, 6) is -0.151. The summed E-state index contributed by atoms with van der Waals surface area (Å²) in [4.78, 5) is 13.1. The van der Waals surface area contributed by atoms with Crippen LogP contribution in [0.15, 0.2) is 47.8 Å². The second kappa shape index (κ2) is 5.80. The van der Waals surface area contributed by atoms with Crippen molar-refractivity contribution in [1.82, 2.24) is 5.32 Å². The molecule has 94 valence electrons. The number of nitrogens with two attached hydrogens (primary N) is 1. The molecule has 1 amide bonds. The highest BCUT2D eigenvalue weighted by Gasteiger charge is 2.18. The number of nitrogens with one attached hydrogen (secondary N) is 1. The molecule has 0 unspecified atom stereocenters. The molecule has 0 aliphatic heterocycles. The predicted molar refractivity (Wildman–Crippen MR) is 74.2 cm³/mol. The molecule has 0 radical (unpaired) electrons. The Morgan fingerprint density at radius 2 is 1.94 bits per heavy atom. The molecule has 0 saturated carbocycles. The molecule has 2 rings (SSSR count). The molecule has 0 bridgehead atoms. The normalized spacial score (nSPS) is 13.9. The van der Waals surface area contributed by atoms with E-state index in [0.717, 1.165) is 10.4 Å². The summed E-state index contributed by atoms with van der Waals surface area (Å²) in [7, 11) is 0. The molecule has 3 nitrogen and oxygen atoms in total. The molecule has 3 N–H and O–H groups in total. The Bertz CT molecular complexity index is 496. The first-order chi connectivity index (χ1) is 8.68. The fourth-order valence-corrected chi connectivity index (χ4v) is 2.46. The largest absolute Gasteiger partial charge is 0.347 e. The van der Waals surface area contributed by atoms with E-state index < -0.39 is 6.04 Å². The quantitative estimate of drug-likeness (QED) is 0.888. The van der Waals surface area contributed by atoms with Gasteiger partial charge in [-0.3, -0.25) is 4.79 Å². The fourth-order valence-electron chi connectivity index (χ4n) is 1.72. The molecule has 1 aromatic carbocycles. The minimum absolute atomic E-state index is 0.00716. The van der Waals surface area contributed by atoms with Crippen LogP contribution in [-0.4, -0.2) is 5.91 Å². The Kier molecular flexibility index (Phi) is 4.12. The second-order valence-electron chi connectivity index (χ2n) is 4.13. The molecule has 0 spiro atoms. The van der Waals surface area contributed by atoms with Gasteiger partial charge in [0.15, 0.2) is 0 Å². The lowest BCUT2D eigenvalue weighted by Crippen LogP contribution is -2.35. The number of carbonyl (C=O) groups excluding carboxylic acids is 1. The summed E-state index contributed by atoms with van der Waals surface area (Å²) in [6, 6.07) is 12.7. The Balaban J connectivity index is 2.00. The number of rotatable bonds is 4. The molecule has 0 aliphatic carbocycles. The molecule has 18 heavy (non-hydrogen) atoms. The molecule has 4 heteroatoms. The number of hydrogen-bond acceptors (Lipinski definition) is 3. The Morgan fingerprint density at radius 1 is 1.22 bits per heavy atom. The van der Waals surface area contributed by atoms with Gasteiger partial charge in [0.1, 0.15) is 6.04 Å². The average Bonchev–Trinajstić information content (AvgIpc) is 2.92. The van der Waals surface area contributed by atoms with E-state index in [1.165, 1.54) is 0 Å². The smallest absolute Gasteiger partial charge is 0.242 e. The number of thiophene rings is 1. The van der Waals surface area contributed by atoms with Crippen molar-refractivity contribution >= 4 is 17.2 Å². The van der Waals surface area contributed by atoms with Gasteiger partial charge in [0, 0.05) is 4.88 Å². The summed E-state index contributed by atoms with van der Waals surface area (Å²) < 4.78 is 0. The standard InChI is InChI=1S/C14H16N2OS/c1-10(12-8-5-9-18-12)16-14(17)13(15)11-6-3-2-4-7-11/h2-10,13H,15H2,1H3,(H,16,17)/t10-,13-/m0/s1. The minimum Gasteiger partial charge on any atom is -0.347 e. The van der Waals surface area contributed by atoms with E-state index in [9.17, 15) is 4.79 Å². The van der Waals surface area contributed by atoms with Crippen molar-refractivity contribution in [3.8, 4) is 0 Å². The summed E-state index contributed by atoms with van der Waals surface area (Å²) >= 11 is 1.62. The number of hydrogen-bond donors (Lipinski definition) is 2. The third-order valence-electron chi connectivity index (χ3n) is 2.77. The van der Waals surface area contributed by atoms with Crippen molar-refractivity contribution in [1.29, 1.82) is 0 Å². The van der Waals surface area contributed by atoms with Crippen LogP contribution in [0, 0.1) is 0 Å². The third kappa shape index (κ3) is 2.97. The fraction of sp³-hybridized carbons (Fsp3) is 0.214. The maximum Gasteiger partial charge on any atom is 0.242 e. The van der Waals surface area contributed by atoms with Gasteiger partial charge in [0.25, 0.3) is 0 Å². The van der Waals surface area contributed by atoms with Crippen molar-refractivity contribution in [3.05, 3.63) is 58.3 Å². The first kappa shape index (κ1) is 12.8. The van der Waals surface area contributed by atoms with Crippen LogP contribution in [0.25, 0.3) is 0 Å². The Labute approximate surface area is 111 Å². The molecular weight excluding hydrogens is 244 g/mol. The van der Waals surface area contributed by atoms with Crippen molar-refractivity contribution in [2.45, 2.75) is 19.0 Å². The van der Waals surface area contributed by atoms with Gasteiger partial charge in [0.05, 0.1) is 6.04 Å². The Hall–Kier alpha value is -1.65. The van der Waals surface area contributed by atoms with Gasteiger partial charge in [0.2, 0.25) is 5.91 Å². The maximum atomic E-state index is 12.0. The second-order valence-corrected chi connectivity index (χ2v) is 5.11. The van der Waals surface area contributed by atoms with E-state index in [4.69, 9.17) is 5.73 Å². The van der Waals surface area contributed by atoms with Crippen molar-refractivity contribution in [2.75, 3.05) is 0 Å². The summed E-state index contributed by atoms with van der Waals surface area (Å²) in [5.41, 5.74) is 6.76. The van der Waals surface area contributed by atoms with Gasteiger partial charge in [-0.2, -0.15) is 0 Å². The monoisotopic (exact) mass is 260 g/mol. The molecule has 0 saturated heterocycles. The van der Waals surface area contributed by atoms with E-state index >= 15 is 0 Å². The first-order valence-corrected chi connectivity index (χ1v) is 6.71. The highest BCUT2D eigenvalue weighted by molar-refractivity contribution is 7.10. The van der Waals surface area contributed by atoms with Crippen LogP contribution in [-0.2, 0) is 4.79 Å². The van der Waals surface area contributed by atoms with Crippen molar-refractivity contribution in [2.24, 2.45) is 5.73 Å².